The molecule has 3 heterocycles. The van der Waals surface area contributed by atoms with Crippen LogP contribution in [0.3, 0.4) is 0 Å². The lowest BCUT2D eigenvalue weighted by atomic mass is 9.83. The van der Waals surface area contributed by atoms with E-state index in [4.69, 9.17) is 23.2 Å². The van der Waals surface area contributed by atoms with Crippen molar-refractivity contribution < 1.29 is 14.4 Å². The summed E-state index contributed by atoms with van der Waals surface area (Å²) in [5.74, 6) is -2.39. The standard InChI is InChI=1S/C29H21Cl2N3O4S2/c1-15-2-10-19(11-3-15)32-21(35)14-33-28-25(40-29(33)38)22(16-4-6-17(30)7-5-16)23-24(39-28)27(37)34(26(23)36)20-12-8-18(31)9-13-20/h2-13,22-24H,14H2,1H3,(H,32,35)/t22-,23?,24?/m1/s1. The molecule has 0 bridgehead atoms. The number of nitrogens with one attached hydrogen (secondary N) is 1. The number of aromatic nitrogens is 1. The van der Waals surface area contributed by atoms with Gasteiger partial charge in [0.1, 0.15) is 11.8 Å². The molecule has 3 amide bonds. The summed E-state index contributed by atoms with van der Waals surface area (Å²) in [6, 6.07) is 21.0. The first-order valence-corrected chi connectivity index (χ1v) is 14.8. The van der Waals surface area contributed by atoms with E-state index >= 15 is 0 Å². The van der Waals surface area contributed by atoms with Gasteiger partial charge in [0.15, 0.2) is 0 Å². The highest BCUT2D eigenvalue weighted by molar-refractivity contribution is 8.00. The van der Waals surface area contributed by atoms with E-state index in [0.717, 1.165) is 22.5 Å². The quantitative estimate of drug-likeness (QED) is 0.282. The molecule has 3 aromatic carbocycles. The van der Waals surface area contributed by atoms with Crippen LogP contribution < -0.4 is 15.1 Å². The first kappa shape index (κ1) is 26.8. The van der Waals surface area contributed by atoms with Gasteiger partial charge in [-0.25, -0.2) is 4.90 Å². The highest BCUT2D eigenvalue weighted by atomic mass is 35.5. The van der Waals surface area contributed by atoms with Gasteiger partial charge in [-0.3, -0.25) is 23.7 Å². The number of carbonyl (C=O) groups is 3. The van der Waals surface area contributed by atoms with Gasteiger partial charge < -0.3 is 5.32 Å². The number of amides is 3. The van der Waals surface area contributed by atoms with Crippen LogP contribution in [0, 0.1) is 12.8 Å². The summed E-state index contributed by atoms with van der Waals surface area (Å²) in [5.41, 5.74) is 2.87. The summed E-state index contributed by atoms with van der Waals surface area (Å²) >= 11 is 14.4. The van der Waals surface area contributed by atoms with Gasteiger partial charge in [-0.2, -0.15) is 0 Å². The van der Waals surface area contributed by atoms with E-state index < -0.39 is 17.1 Å². The van der Waals surface area contributed by atoms with Crippen molar-refractivity contribution >= 4 is 75.4 Å². The third-order valence-corrected chi connectivity index (χ3v) is 10.1. The van der Waals surface area contributed by atoms with Gasteiger partial charge in [-0.15, -0.1) is 0 Å². The molecule has 0 spiro atoms. The van der Waals surface area contributed by atoms with Crippen LogP contribution in [0.4, 0.5) is 11.4 Å². The van der Waals surface area contributed by atoms with Crippen molar-refractivity contribution in [3.8, 4) is 0 Å². The number of hydrogen-bond acceptors (Lipinski definition) is 6. The number of anilines is 2. The van der Waals surface area contributed by atoms with E-state index in [1.54, 1.807) is 48.5 Å². The number of nitrogens with zero attached hydrogens (tertiary/aromatic N) is 2. The normalized spacial score (nSPS) is 19.9. The first-order valence-electron chi connectivity index (χ1n) is 12.4. The molecule has 1 aromatic heterocycles. The molecule has 1 N–H and O–H groups in total. The highest BCUT2D eigenvalue weighted by Gasteiger charge is 2.56. The van der Waals surface area contributed by atoms with E-state index in [1.165, 1.54) is 21.2 Å². The Balaban J connectivity index is 1.40. The van der Waals surface area contributed by atoms with Crippen molar-refractivity contribution in [1.82, 2.24) is 4.57 Å². The van der Waals surface area contributed by atoms with Gasteiger partial charge in [-0.1, -0.05) is 76.1 Å². The predicted molar refractivity (Wildman–Crippen MR) is 159 cm³/mol. The van der Waals surface area contributed by atoms with Gasteiger partial charge >= 0.3 is 4.87 Å². The number of rotatable bonds is 5. The Kier molecular flexibility index (Phi) is 7.08. The van der Waals surface area contributed by atoms with E-state index in [-0.39, 0.29) is 29.1 Å². The number of halogens is 2. The summed E-state index contributed by atoms with van der Waals surface area (Å²) in [4.78, 5) is 55.4. The summed E-state index contributed by atoms with van der Waals surface area (Å²) in [5, 5.41) is 3.59. The minimum absolute atomic E-state index is 0.223. The molecule has 202 valence electrons. The third kappa shape index (κ3) is 4.77. The molecule has 2 unspecified atom stereocenters. The average molecular weight is 611 g/mol. The van der Waals surface area contributed by atoms with E-state index in [2.05, 4.69) is 5.32 Å². The summed E-state index contributed by atoms with van der Waals surface area (Å²) in [7, 11) is 0. The smallest absolute Gasteiger partial charge is 0.308 e. The van der Waals surface area contributed by atoms with Crippen molar-refractivity contribution in [3.05, 3.63) is 109 Å². The number of imide groups is 1. The lowest BCUT2D eigenvalue weighted by Crippen LogP contribution is -2.33. The van der Waals surface area contributed by atoms with Crippen LogP contribution in [0.1, 0.15) is 21.9 Å². The molecule has 7 nitrogen and oxygen atoms in total. The molecule has 1 saturated heterocycles. The zero-order chi connectivity index (χ0) is 28.1. The summed E-state index contributed by atoms with van der Waals surface area (Å²) in [6.45, 7) is 1.73. The Labute approximate surface area is 247 Å². The maximum Gasteiger partial charge on any atom is 0.308 e. The van der Waals surface area contributed by atoms with Crippen molar-refractivity contribution in [2.45, 2.75) is 29.7 Å². The second kappa shape index (κ2) is 10.6. The molecule has 4 aromatic rings. The molecule has 0 radical (unpaired) electrons. The molecule has 3 atom stereocenters. The van der Waals surface area contributed by atoms with Crippen LogP contribution in [0.5, 0.6) is 0 Å². The Hall–Kier alpha value is -3.37. The summed E-state index contributed by atoms with van der Waals surface area (Å²) < 4.78 is 1.40. The minimum atomic E-state index is -0.781. The maximum atomic E-state index is 13.9. The molecule has 11 heteroatoms. The lowest BCUT2D eigenvalue weighted by molar-refractivity contribution is -0.122. The van der Waals surface area contributed by atoms with Gasteiger partial charge in [0.25, 0.3) is 0 Å². The van der Waals surface area contributed by atoms with Gasteiger partial charge in [0, 0.05) is 26.5 Å². The van der Waals surface area contributed by atoms with Crippen LogP contribution >= 0.6 is 46.3 Å². The zero-order valence-electron chi connectivity index (χ0n) is 21.0. The predicted octanol–water partition coefficient (Wildman–Crippen LogP) is 5.96. The topological polar surface area (TPSA) is 88.5 Å². The number of carbonyl (C=O) groups excluding carboxylic acids is 3. The van der Waals surface area contributed by atoms with Crippen LogP contribution in [0.2, 0.25) is 10.0 Å². The molecule has 40 heavy (non-hydrogen) atoms. The van der Waals surface area contributed by atoms with E-state index in [9.17, 15) is 19.2 Å². The van der Waals surface area contributed by atoms with Crippen molar-refractivity contribution in [3.63, 3.8) is 0 Å². The molecule has 1 fully saturated rings. The van der Waals surface area contributed by atoms with Crippen LogP contribution in [-0.2, 0) is 20.9 Å². The Morgan fingerprint density at radius 1 is 0.875 bits per heavy atom. The van der Waals surface area contributed by atoms with Crippen molar-refractivity contribution in [2.75, 3.05) is 10.2 Å². The minimum Gasteiger partial charge on any atom is -0.325 e. The Morgan fingerprint density at radius 3 is 2.15 bits per heavy atom. The van der Waals surface area contributed by atoms with Crippen LogP contribution in [0.25, 0.3) is 0 Å². The summed E-state index contributed by atoms with van der Waals surface area (Å²) in [6.07, 6.45) is 0. The monoisotopic (exact) mass is 609 g/mol. The fraction of sp³-hybridized carbons (Fsp3) is 0.172. The van der Waals surface area contributed by atoms with Crippen molar-refractivity contribution in [2.24, 2.45) is 5.92 Å². The molecule has 2 aliphatic heterocycles. The number of thioether (sulfide) groups is 1. The SMILES string of the molecule is Cc1ccc(NC(=O)Cn2c3c(sc2=O)[C@H](c2ccc(Cl)cc2)C2C(=O)N(c4ccc(Cl)cc4)C(=O)C2S3)cc1. The van der Waals surface area contributed by atoms with Gasteiger partial charge in [-0.05, 0) is 61.0 Å². The number of thiazole rings is 1. The molecular weight excluding hydrogens is 589 g/mol. The Bertz CT molecular complexity index is 1700. The number of benzene rings is 3. The van der Waals surface area contributed by atoms with Gasteiger partial charge in [0.05, 0.1) is 16.6 Å². The highest BCUT2D eigenvalue weighted by Crippen LogP contribution is 2.54. The number of hydrogen-bond donors (Lipinski definition) is 1. The molecular formula is C29H21Cl2N3O4S2. The van der Waals surface area contributed by atoms with Gasteiger partial charge in [0.2, 0.25) is 17.7 Å². The maximum absolute atomic E-state index is 13.9. The zero-order valence-corrected chi connectivity index (χ0v) is 24.1. The fourth-order valence-electron chi connectivity index (χ4n) is 5.11. The molecule has 0 aliphatic carbocycles. The molecule has 6 rings (SSSR count). The van der Waals surface area contributed by atoms with Crippen LogP contribution in [0.15, 0.2) is 82.6 Å². The second-order valence-electron chi connectivity index (χ2n) is 9.62. The van der Waals surface area contributed by atoms with E-state index in [0.29, 0.717) is 31.3 Å². The number of fused-ring (bicyclic) bond motifs is 2. The lowest BCUT2D eigenvalue weighted by Gasteiger charge is -2.30. The largest absolute Gasteiger partial charge is 0.325 e. The third-order valence-electron chi connectivity index (χ3n) is 7.00. The molecule has 0 saturated carbocycles. The number of aryl methyl sites for hydroxylation is 1. The van der Waals surface area contributed by atoms with E-state index in [1.807, 2.05) is 31.2 Å². The first-order chi connectivity index (χ1) is 19.2. The Morgan fingerprint density at radius 2 is 1.50 bits per heavy atom. The fourth-order valence-corrected chi connectivity index (χ4v) is 8.14. The second-order valence-corrected chi connectivity index (χ2v) is 12.6. The average Bonchev–Trinajstić information content (AvgIpc) is 3.37. The van der Waals surface area contributed by atoms with Crippen molar-refractivity contribution in [1.29, 1.82) is 0 Å². The molecule has 2 aliphatic rings. The van der Waals surface area contributed by atoms with Crippen LogP contribution in [-0.4, -0.2) is 27.5 Å².